The summed E-state index contributed by atoms with van der Waals surface area (Å²) in [6, 6.07) is 10.8. The first-order valence-electron chi connectivity index (χ1n) is 7.78. The van der Waals surface area contributed by atoms with E-state index in [1.807, 2.05) is 26.2 Å². The number of halogens is 1. The molecule has 130 valence electrons. The fourth-order valence-corrected chi connectivity index (χ4v) is 3.44. The van der Waals surface area contributed by atoms with Gasteiger partial charge in [-0.15, -0.1) is 0 Å². The highest BCUT2D eigenvalue weighted by atomic mass is 32.1. The summed E-state index contributed by atoms with van der Waals surface area (Å²) < 4.78 is 14.2. The van der Waals surface area contributed by atoms with Crippen LogP contribution < -0.4 is 11.1 Å². The lowest BCUT2D eigenvalue weighted by molar-refractivity contribution is 0.100. The van der Waals surface area contributed by atoms with Gasteiger partial charge in [0.05, 0.1) is 15.8 Å². The van der Waals surface area contributed by atoms with Crippen molar-refractivity contribution in [2.24, 2.45) is 5.73 Å². The van der Waals surface area contributed by atoms with Gasteiger partial charge in [-0.3, -0.25) is 4.79 Å². The van der Waals surface area contributed by atoms with Gasteiger partial charge in [-0.1, -0.05) is 23.5 Å². The van der Waals surface area contributed by atoms with Crippen LogP contribution in [-0.4, -0.2) is 29.9 Å². The van der Waals surface area contributed by atoms with Crippen LogP contribution in [-0.2, 0) is 0 Å². The highest BCUT2D eigenvalue weighted by Crippen LogP contribution is 2.31. The number of primary amides is 1. The average molecular weight is 358 g/mol. The number of hydrogen-bond donors (Lipinski definition) is 2. The van der Waals surface area contributed by atoms with E-state index in [0.29, 0.717) is 21.4 Å². The van der Waals surface area contributed by atoms with Crippen molar-refractivity contribution < 1.29 is 9.18 Å². The summed E-state index contributed by atoms with van der Waals surface area (Å²) in [5, 5.41) is 3.77. The van der Waals surface area contributed by atoms with Gasteiger partial charge in [0.15, 0.2) is 5.13 Å². The predicted molar refractivity (Wildman–Crippen MR) is 99.9 cm³/mol. The summed E-state index contributed by atoms with van der Waals surface area (Å²) in [5.41, 5.74) is 7.90. The third-order valence-electron chi connectivity index (χ3n) is 4.14. The molecule has 0 fully saturated rings. The first-order valence-corrected chi connectivity index (χ1v) is 8.60. The van der Waals surface area contributed by atoms with E-state index in [2.05, 4.69) is 34.3 Å². The number of benzene rings is 2. The number of carbonyl (C=O) groups is 1. The SMILES string of the molecule is C[C@H](c1ccc(Nc2nc3c(C(N)=O)cc(F)cc3s2)cc1)N(C)C. The van der Waals surface area contributed by atoms with Gasteiger partial charge in [-0.25, -0.2) is 9.37 Å². The molecule has 1 heterocycles. The molecule has 0 aliphatic rings. The van der Waals surface area contributed by atoms with Crippen molar-refractivity contribution in [2.75, 3.05) is 19.4 Å². The molecule has 3 N–H and O–H groups in total. The van der Waals surface area contributed by atoms with E-state index in [0.717, 1.165) is 11.8 Å². The summed E-state index contributed by atoms with van der Waals surface area (Å²) in [7, 11) is 4.07. The van der Waals surface area contributed by atoms with Gasteiger partial charge in [0.25, 0.3) is 5.91 Å². The molecular weight excluding hydrogens is 339 g/mol. The van der Waals surface area contributed by atoms with Crippen LogP contribution in [0.3, 0.4) is 0 Å². The molecule has 0 unspecified atom stereocenters. The maximum atomic E-state index is 13.6. The zero-order valence-electron chi connectivity index (χ0n) is 14.2. The second-order valence-corrected chi connectivity index (χ2v) is 7.10. The van der Waals surface area contributed by atoms with Crippen LogP contribution in [0.1, 0.15) is 28.9 Å². The molecule has 7 heteroatoms. The van der Waals surface area contributed by atoms with Crippen molar-refractivity contribution in [3.05, 3.63) is 53.3 Å². The molecule has 3 aromatic rings. The van der Waals surface area contributed by atoms with Gasteiger partial charge in [0.1, 0.15) is 5.82 Å². The second-order valence-electron chi connectivity index (χ2n) is 6.07. The Morgan fingerprint density at radius 2 is 1.96 bits per heavy atom. The van der Waals surface area contributed by atoms with Crippen LogP contribution in [0, 0.1) is 5.82 Å². The topological polar surface area (TPSA) is 71.2 Å². The molecule has 0 saturated heterocycles. The fourth-order valence-electron chi connectivity index (χ4n) is 2.50. The second kappa shape index (κ2) is 6.78. The van der Waals surface area contributed by atoms with Gasteiger partial charge in [0.2, 0.25) is 0 Å². The number of nitrogens with two attached hydrogens (primary N) is 1. The Kier molecular flexibility index (Phi) is 4.69. The molecule has 0 saturated carbocycles. The Balaban J connectivity index is 1.88. The van der Waals surface area contributed by atoms with Gasteiger partial charge in [0, 0.05) is 11.7 Å². The molecular formula is C18H19FN4OS. The van der Waals surface area contributed by atoms with E-state index in [1.165, 1.54) is 23.0 Å². The normalized spacial score (nSPS) is 12.5. The third-order valence-corrected chi connectivity index (χ3v) is 5.06. The summed E-state index contributed by atoms with van der Waals surface area (Å²) in [6.45, 7) is 2.13. The van der Waals surface area contributed by atoms with Crippen molar-refractivity contribution >= 4 is 38.3 Å². The number of nitrogens with one attached hydrogen (secondary N) is 1. The van der Waals surface area contributed by atoms with Gasteiger partial charge >= 0.3 is 0 Å². The van der Waals surface area contributed by atoms with E-state index >= 15 is 0 Å². The van der Waals surface area contributed by atoms with Gasteiger partial charge in [-0.05, 0) is 50.8 Å². The van der Waals surface area contributed by atoms with Crippen molar-refractivity contribution in [3.63, 3.8) is 0 Å². The largest absolute Gasteiger partial charge is 0.366 e. The predicted octanol–water partition coefficient (Wildman–Crippen LogP) is 3.90. The van der Waals surface area contributed by atoms with Crippen molar-refractivity contribution in [1.29, 1.82) is 0 Å². The number of thiazole rings is 1. The molecule has 0 radical (unpaired) electrons. The highest BCUT2D eigenvalue weighted by Gasteiger charge is 2.14. The number of rotatable bonds is 5. The zero-order valence-corrected chi connectivity index (χ0v) is 15.0. The number of aromatic nitrogens is 1. The minimum Gasteiger partial charge on any atom is -0.366 e. The Labute approximate surface area is 149 Å². The molecule has 1 aromatic heterocycles. The van der Waals surface area contributed by atoms with Crippen molar-refractivity contribution in [3.8, 4) is 0 Å². The van der Waals surface area contributed by atoms with Gasteiger partial charge < -0.3 is 16.0 Å². The first-order chi connectivity index (χ1) is 11.8. The number of fused-ring (bicyclic) bond motifs is 1. The summed E-state index contributed by atoms with van der Waals surface area (Å²) in [6.07, 6.45) is 0. The molecule has 0 spiro atoms. The molecule has 2 aromatic carbocycles. The van der Waals surface area contributed by atoms with E-state index in [1.54, 1.807) is 0 Å². The Bertz CT molecular complexity index is 921. The molecule has 0 bridgehead atoms. The monoisotopic (exact) mass is 358 g/mol. The Morgan fingerprint density at radius 1 is 1.28 bits per heavy atom. The lowest BCUT2D eigenvalue weighted by Crippen LogP contribution is -2.16. The summed E-state index contributed by atoms with van der Waals surface area (Å²) >= 11 is 1.28. The number of nitrogens with zero attached hydrogens (tertiary/aromatic N) is 2. The molecule has 0 aliphatic heterocycles. The van der Waals surface area contributed by atoms with E-state index in [4.69, 9.17) is 5.73 Å². The number of hydrogen-bond acceptors (Lipinski definition) is 5. The smallest absolute Gasteiger partial charge is 0.251 e. The Hall–Kier alpha value is -2.51. The Morgan fingerprint density at radius 3 is 2.56 bits per heavy atom. The summed E-state index contributed by atoms with van der Waals surface area (Å²) in [4.78, 5) is 18.0. The fraction of sp³-hybridized carbons (Fsp3) is 0.222. The molecule has 0 aliphatic carbocycles. The zero-order chi connectivity index (χ0) is 18.1. The molecule has 5 nitrogen and oxygen atoms in total. The standard InChI is InChI=1S/C18H19FN4OS/c1-10(23(2)3)11-4-6-13(7-5-11)21-18-22-16-14(17(20)24)8-12(19)9-15(16)25-18/h4-10H,1-3H3,(H2,20,24)(H,21,22)/t10-/m1/s1. The minimum absolute atomic E-state index is 0.0921. The highest BCUT2D eigenvalue weighted by molar-refractivity contribution is 7.22. The lowest BCUT2D eigenvalue weighted by atomic mass is 10.1. The molecule has 1 atom stereocenters. The minimum atomic E-state index is -0.691. The first kappa shape index (κ1) is 17.3. The maximum Gasteiger partial charge on any atom is 0.251 e. The van der Waals surface area contributed by atoms with Crippen LogP contribution in [0.5, 0.6) is 0 Å². The number of carbonyl (C=O) groups excluding carboxylic acids is 1. The quantitative estimate of drug-likeness (QED) is 0.726. The third kappa shape index (κ3) is 3.62. The molecule has 1 amide bonds. The lowest BCUT2D eigenvalue weighted by Gasteiger charge is -2.20. The van der Waals surface area contributed by atoms with Crippen LogP contribution in [0.25, 0.3) is 10.2 Å². The van der Waals surface area contributed by atoms with E-state index in [-0.39, 0.29) is 5.56 Å². The van der Waals surface area contributed by atoms with E-state index < -0.39 is 11.7 Å². The van der Waals surface area contributed by atoms with E-state index in [9.17, 15) is 9.18 Å². The van der Waals surface area contributed by atoms with Crippen molar-refractivity contribution in [1.82, 2.24) is 9.88 Å². The van der Waals surface area contributed by atoms with Crippen LogP contribution >= 0.6 is 11.3 Å². The van der Waals surface area contributed by atoms with Crippen LogP contribution in [0.4, 0.5) is 15.2 Å². The summed E-state index contributed by atoms with van der Waals surface area (Å²) in [5.74, 6) is -1.19. The maximum absolute atomic E-state index is 13.6. The van der Waals surface area contributed by atoms with Gasteiger partial charge in [-0.2, -0.15) is 0 Å². The van der Waals surface area contributed by atoms with Crippen LogP contribution in [0.15, 0.2) is 36.4 Å². The number of anilines is 2. The molecule has 3 rings (SSSR count). The molecule has 25 heavy (non-hydrogen) atoms. The number of amides is 1. The average Bonchev–Trinajstić information content (AvgIpc) is 2.95. The van der Waals surface area contributed by atoms with Crippen molar-refractivity contribution in [2.45, 2.75) is 13.0 Å². The van der Waals surface area contributed by atoms with Crippen LogP contribution in [0.2, 0.25) is 0 Å².